The Morgan fingerprint density at radius 3 is 2.24 bits per heavy atom. The number of rotatable bonds is 5. The first-order valence-electron chi connectivity index (χ1n) is 7.94. The van der Waals surface area contributed by atoms with Crippen LogP contribution in [0.25, 0.3) is 10.9 Å². The van der Waals surface area contributed by atoms with Crippen molar-refractivity contribution in [3.05, 3.63) is 53.7 Å². The van der Waals surface area contributed by atoms with Crippen molar-refractivity contribution < 1.29 is 14.3 Å². The van der Waals surface area contributed by atoms with Gasteiger partial charge in [0.05, 0.1) is 36.7 Å². The molecule has 25 heavy (non-hydrogen) atoms. The van der Waals surface area contributed by atoms with Crippen LogP contribution < -0.4 is 14.8 Å². The molecule has 0 spiro atoms. The first-order chi connectivity index (χ1) is 12.0. The van der Waals surface area contributed by atoms with E-state index in [2.05, 4.69) is 10.3 Å². The molecule has 0 saturated heterocycles. The van der Waals surface area contributed by atoms with Crippen LogP contribution in [0.4, 0.5) is 11.4 Å². The maximum Gasteiger partial charge on any atom is 0.163 e. The molecule has 0 atom stereocenters. The van der Waals surface area contributed by atoms with Gasteiger partial charge in [-0.3, -0.25) is 9.78 Å². The van der Waals surface area contributed by atoms with Gasteiger partial charge in [0, 0.05) is 11.1 Å². The molecule has 0 bridgehead atoms. The van der Waals surface area contributed by atoms with Gasteiger partial charge in [0.25, 0.3) is 0 Å². The highest BCUT2D eigenvalue weighted by atomic mass is 16.5. The summed E-state index contributed by atoms with van der Waals surface area (Å²) in [6.07, 6.45) is 0. The Morgan fingerprint density at radius 1 is 1.00 bits per heavy atom. The number of Topliss-reactive ketones (excluding diaryl/α,β-unsaturated/α-hetero) is 1. The molecule has 0 radical (unpaired) electrons. The standard InChI is InChI=1S/C20H20N2O3/c1-12-19(13(2)23)20(22-14-5-7-15(24-3)8-6-14)17-11-16(25-4)9-10-18(17)21-12/h5-11H,1-4H3,(H,21,22). The highest BCUT2D eigenvalue weighted by Crippen LogP contribution is 2.34. The molecule has 3 rings (SSSR count). The molecule has 0 amide bonds. The third kappa shape index (κ3) is 3.26. The average Bonchev–Trinajstić information content (AvgIpc) is 2.61. The highest BCUT2D eigenvalue weighted by molar-refractivity contribution is 6.09. The van der Waals surface area contributed by atoms with Gasteiger partial charge in [-0.05, 0) is 56.3 Å². The second-order valence-electron chi connectivity index (χ2n) is 5.74. The van der Waals surface area contributed by atoms with Crippen LogP contribution in [0.5, 0.6) is 11.5 Å². The molecule has 3 aromatic rings. The van der Waals surface area contributed by atoms with Crippen molar-refractivity contribution in [1.29, 1.82) is 0 Å². The van der Waals surface area contributed by atoms with Crippen molar-refractivity contribution in [2.45, 2.75) is 13.8 Å². The number of nitrogens with one attached hydrogen (secondary N) is 1. The zero-order chi connectivity index (χ0) is 18.0. The Kier molecular flexibility index (Phi) is 4.57. The minimum absolute atomic E-state index is 0.0364. The number of hydrogen-bond donors (Lipinski definition) is 1. The van der Waals surface area contributed by atoms with E-state index in [1.54, 1.807) is 21.1 Å². The second kappa shape index (κ2) is 6.81. The van der Waals surface area contributed by atoms with Crippen molar-refractivity contribution in [1.82, 2.24) is 4.98 Å². The molecule has 1 aromatic heterocycles. The Morgan fingerprint density at radius 2 is 1.64 bits per heavy atom. The lowest BCUT2D eigenvalue weighted by molar-refractivity contribution is 0.101. The summed E-state index contributed by atoms with van der Waals surface area (Å²) >= 11 is 0. The normalized spacial score (nSPS) is 10.6. The molecule has 0 aliphatic rings. The summed E-state index contributed by atoms with van der Waals surface area (Å²) in [6, 6.07) is 13.2. The van der Waals surface area contributed by atoms with Gasteiger partial charge in [-0.15, -0.1) is 0 Å². The number of benzene rings is 2. The number of hydrogen-bond acceptors (Lipinski definition) is 5. The molecule has 0 saturated carbocycles. The van der Waals surface area contributed by atoms with E-state index < -0.39 is 0 Å². The van der Waals surface area contributed by atoms with E-state index in [1.807, 2.05) is 49.4 Å². The quantitative estimate of drug-likeness (QED) is 0.695. The fourth-order valence-corrected chi connectivity index (χ4v) is 2.87. The Labute approximate surface area is 146 Å². The summed E-state index contributed by atoms with van der Waals surface area (Å²) in [4.78, 5) is 16.8. The van der Waals surface area contributed by atoms with Crippen LogP contribution in [0.15, 0.2) is 42.5 Å². The number of fused-ring (bicyclic) bond motifs is 1. The predicted octanol–water partition coefficient (Wildman–Crippen LogP) is 4.51. The van der Waals surface area contributed by atoms with Gasteiger partial charge >= 0.3 is 0 Å². The minimum atomic E-state index is -0.0364. The van der Waals surface area contributed by atoms with Gasteiger partial charge in [0.15, 0.2) is 5.78 Å². The molecule has 0 fully saturated rings. The number of aryl methyl sites for hydroxylation is 1. The van der Waals surface area contributed by atoms with Gasteiger partial charge in [-0.25, -0.2) is 0 Å². The van der Waals surface area contributed by atoms with Crippen LogP contribution in [-0.2, 0) is 0 Å². The zero-order valence-corrected chi connectivity index (χ0v) is 14.7. The summed E-state index contributed by atoms with van der Waals surface area (Å²) in [5.41, 5.74) is 3.68. The van der Waals surface area contributed by atoms with Crippen LogP contribution in [0.2, 0.25) is 0 Å². The first-order valence-corrected chi connectivity index (χ1v) is 7.94. The van der Waals surface area contributed by atoms with E-state index in [1.165, 1.54) is 0 Å². The van der Waals surface area contributed by atoms with Crippen LogP contribution >= 0.6 is 0 Å². The fraction of sp³-hybridized carbons (Fsp3) is 0.200. The first kappa shape index (κ1) is 16.8. The second-order valence-corrected chi connectivity index (χ2v) is 5.74. The van der Waals surface area contributed by atoms with Gasteiger partial charge in [0.2, 0.25) is 0 Å². The molecular formula is C20H20N2O3. The summed E-state index contributed by atoms with van der Waals surface area (Å²) in [5, 5.41) is 4.21. The smallest absolute Gasteiger partial charge is 0.163 e. The summed E-state index contributed by atoms with van der Waals surface area (Å²) in [5.74, 6) is 1.45. The van der Waals surface area contributed by atoms with E-state index in [4.69, 9.17) is 9.47 Å². The van der Waals surface area contributed by atoms with E-state index in [9.17, 15) is 4.79 Å². The number of carbonyl (C=O) groups excluding carboxylic acids is 1. The number of methoxy groups -OCH3 is 2. The van der Waals surface area contributed by atoms with Gasteiger partial charge in [-0.2, -0.15) is 0 Å². The topological polar surface area (TPSA) is 60.5 Å². The predicted molar refractivity (Wildman–Crippen MR) is 99.3 cm³/mol. The molecular weight excluding hydrogens is 316 g/mol. The molecule has 0 aliphatic heterocycles. The lowest BCUT2D eigenvalue weighted by atomic mass is 10.0. The summed E-state index contributed by atoms with van der Waals surface area (Å²) in [6.45, 7) is 3.40. The van der Waals surface area contributed by atoms with Crippen LogP contribution in [-0.4, -0.2) is 25.0 Å². The van der Waals surface area contributed by atoms with Crippen molar-refractivity contribution in [3.8, 4) is 11.5 Å². The number of pyridine rings is 1. The molecule has 5 nitrogen and oxygen atoms in total. The molecule has 5 heteroatoms. The Hall–Kier alpha value is -3.08. The summed E-state index contributed by atoms with van der Waals surface area (Å²) in [7, 11) is 3.24. The van der Waals surface area contributed by atoms with Gasteiger partial charge in [0.1, 0.15) is 11.5 Å². The van der Waals surface area contributed by atoms with Crippen molar-refractivity contribution in [3.63, 3.8) is 0 Å². The molecule has 1 heterocycles. The molecule has 0 unspecified atom stereocenters. The SMILES string of the molecule is COc1ccc(Nc2c(C(C)=O)c(C)nc3ccc(OC)cc23)cc1. The van der Waals surface area contributed by atoms with E-state index >= 15 is 0 Å². The largest absolute Gasteiger partial charge is 0.497 e. The monoisotopic (exact) mass is 336 g/mol. The number of ether oxygens (including phenoxy) is 2. The molecule has 128 valence electrons. The fourth-order valence-electron chi connectivity index (χ4n) is 2.87. The lowest BCUT2D eigenvalue weighted by Gasteiger charge is -2.16. The minimum Gasteiger partial charge on any atom is -0.497 e. The summed E-state index contributed by atoms with van der Waals surface area (Å²) < 4.78 is 10.5. The Bertz CT molecular complexity index is 934. The van der Waals surface area contributed by atoms with Crippen molar-refractivity contribution in [2.24, 2.45) is 0 Å². The lowest BCUT2D eigenvalue weighted by Crippen LogP contribution is -2.06. The van der Waals surface area contributed by atoms with Crippen LogP contribution in [0.3, 0.4) is 0 Å². The van der Waals surface area contributed by atoms with Crippen LogP contribution in [0, 0.1) is 6.92 Å². The molecule has 2 aromatic carbocycles. The van der Waals surface area contributed by atoms with E-state index in [0.29, 0.717) is 17.0 Å². The average molecular weight is 336 g/mol. The molecule has 1 N–H and O–H groups in total. The number of carbonyl (C=O) groups is 1. The van der Waals surface area contributed by atoms with Crippen molar-refractivity contribution >= 4 is 28.1 Å². The number of anilines is 2. The number of aromatic nitrogens is 1. The maximum atomic E-state index is 12.2. The number of ketones is 1. The van der Waals surface area contributed by atoms with Gasteiger partial charge < -0.3 is 14.8 Å². The van der Waals surface area contributed by atoms with E-state index in [-0.39, 0.29) is 5.78 Å². The van der Waals surface area contributed by atoms with Crippen molar-refractivity contribution in [2.75, 3.05) is 19.5 Å². The zero-order valence-electron chi connectivity index (χ0n) is 14.7. The van der Waals surface area contributed by atoms with Crippen LogP contribution in [0.1, 0.15) is 23.0 Å². The number of nitrogens with zero attached hydrogens (tertiary/aromatic N) is 1. The molecule has 0 aliphatic carbocycles. The van der Waals surface area contributed by atoms with E-state index in [0.717, 1.165) is 28.0 Å². The maximum absolute atomic E-state index is 12.2. The Balaban J connectivity index is 2.20. The highest BCUT2D eigenvalue weighted by Gasteiger charge is 2.17. The van der Waals surface area contributed by atoms with Gasteiger partial charge in [-0.1, -0.05) is 0 Å². The third-order valence-corrected chi connectivity index (χ3v) is 4.08. The third-order valence-electron chi connectivity index (χ3n) is 4.08.